The lowest BCUT2D eigenvalue weighted by Gasteiger charge is -2.37. The SMILES string of the molecule is Cc1nc(N)c(CC(=O)N2C[C@@H](C)O[C@@H](c3ccccc3)C2)c(=O)[nH]1. The number of H-pyrrole nitrogens is 1. The van der Waals surface area contributed by atoms with E-state index in [1.807, 2.05) is 37.3 Å². The molecule has 3 rings (SSSR count). The molecule has 0 radical (unpaired) electrons. The van der Waals surface area contributed by atoms with Gasteiger partial charge in [-0.15, -0.1) is 0 Å². The van der Waals surface area contributed by atoms with Gasteiger partial charge in [-0.2, -0.15) is 0 Å². The van der Waals surface area contributed by atoms with Crippen molar-refractivity contribution < 1.29 is 9.53 Å². The molecule has 2 atom stereocenters. The van der Waals surface area contributed by atoms with Crippen molar-refractivity contribution >= 4 is 11.7 Å². The third kappa shape index (κ3) is 3.88. The molecule has 1 aliphatic heterocycles. The summed E-state index contributed by atoms with van der Waals surface area (Å²) in [6.07, 6.45) is -0.335. The Hall–Kier alpha value is -2.67. The fraction of sp³-hybridized carbons (Fsp3) is 0.389. The average molecular weight is 342 g/mol. The summed E-state index contributed by atoms with van der Waals surface area (Å²) >= 11 is 0. The zero-order valence-electron chi connectivity index (χ0n) is 14.4. The molecule has 1 aliphatic rings. The van der Waals surface area contributed by atoms with Crippen LogP contribution in [-0.2, 0) is 16.0 Å². The molecule has 0 unspecified atom stereocenters. The molecule has 3 N–H and O–H groups in total. The molecule has 2 heterocycles. The van der Waals surface area contributed by atoms with E-state index in [-0.39, 0.29) is 41.5 Å². The zero-order chi connectivity index (χ0) is 18.0. The van der Waals surface area contributed by atoms with Crippen molar-refractivity contribution in [2.75, 3.05) is 18.8 Å². The molecule has 7 heteroatoms. The number of rotatable bonds is 3. The lowest BCUT2D eigenvalue weighted by atomic mass is 10.1. The Labute approximate surface area is 145 Å². The van der Waals surface area contributed by atoms with Gasteiger partial charge in [0.2, 0.25) is 5.91 Å². The minimum absolute atomic E-state index is 0.0668. The summed E-state index contributed by atoms with van der Waals surface area (Å²) in [5.74, 6) is 0.386. The molecular weight excluding hydrogens is 320 g/mol. The summed E-state index contributed by atoms with van der Waals surface area (Å²) in [5.41, 5.74) is 6.70. The lowest BCUT2D eigenvalue weighted by molar-refractivity contribution is -0.144. The molecule has 25 heavy (non-hydrogen) atoms. The lowest BCUT2D eigenvalue weighted by Crippen LogP contribution is -2.47. The number of nitrogen functional groups attached to an aromatic ring is 1. The Morgan fingerprint density at radius 3 is 2.76 bits per heavy atom. The Morgan fingerprint density at radius 2 is 2.08 bits per heavy atom. The van der Waals surface area contributed by atoms with Crippen LogP contribution < -0.4 is 11.3 Å². The predicted molar refractivity (Wildman–Crippen MR) is 94.0 cm³/mol. The summed E-state index contributed by atoms with van der Waals surface area (Å²) < 4.78 is 5.97. The van der Waals surface area contributed by atoms with E-state index >= 15 is 0 Å². The van der Waals surface area contributed by atoms with Crippen LogP contribution in [0.5, 0.6) is 0 Å². The van der Waals surface area contributed by atoms with E-state index in [0.29, 0.717) is 18.9 Å². The molecule has 1 aromatic carbocycles. The summed E-state index contributed by atoms with van der Waals surface area (Å²) in [6.45, 7) is 4.52. The minimum Gasteiger partial charge on any atom is -0.383 e. The summed E-state index contributed by atoms with van der Waals surface area (Å²) in [7, 11) is 0. The van der Waals surface area contributed by atoms with Crippen molar-refractivity contribution in [3.05, 3.63) is 57.6 Å². The molecule has 0 bridgehead atoms. The van der Waals surface area contributed by atoms with Gasteiger partial charge in [-0.25, -0.2) is 4.98 Å². The third-order valence-corrected chi connectivity index (χ3v) is 4.28. The standard InChI is InChI=1S/C18H22N4O3/c1-11-9-22(10-15(25-11)13-6-4-3-5-7-13)16(23)8-14-17(19)20-12(2)21-18(14)24/h3-7,11,15H,8-10H2,1-2H3,(H3,19,20,21,24)/t11-,15-/m1/s1. The second-order valence-corrected chi connectivity index (χ2v) is 6.34. The maximum Gasteiger partial charge on any atom is 0.256 e. The topological polar surface area (TPSA) is 101 Å². The van der Waals surface area contributed by atoms with Crippen LogP contribution in [0.3, 0.4) is 0 Å². The van der Waals surface area contributed by atoms with E-state index in [2.05, 4.69) is 9.97 Å². The normalized spacial score (nSPS) is 20.5. The van der Waals surface area contributed by atoms with E-state index in [1.54, 1.807) is 11.8 Å². The highest BCUT2D eigenvalue weighted by Crippen LogP contribution is 2.25. The van der Waals surface area contributed by atoms with Gasteiger partial charge in [0.15, 0.2) is 0 Å². The van der Waals surface area contributed by atoms with Crippen LogP contribution in [0.2, 0.25) is 0 Å². The van der Waals surface area contributed by atoms with Crippen LogP contribution in [0.15, 0.2) is 35.1 Å². The number of amides is 1. The minimum atomic E-state index is -0.362. The first-order chi connectivity index (χ1) is 11.9. The van der Waals surface area contributed by atoms with Gasteiger partial charge in [-0.05, 0) is 19.4 Å². The first-order valence-corrected chi connectivity index (χ1v) is 8.27. The van der Waals surface area contributed by atoms with E-state index in [9.17, 15) is 9.59 Å². The van der Waals surface area contributed by atoms with Crippen molar-refractivity contribution in [1.82, 2.24) is 14.9 Å². The predicted octanol–water partition coefficient (Wildman–Crippen LogP) is 1.19. The van der Waals surface area contributed by atoms with Gasteiger partial charge in [0.05, 0.1) is 24.6 Å². The summed E-state index contributed by atoms with van der Waals surface area (Å²) in [6, 6.07) is 9.80. The van der Waals surface area contributed by atoms with Crippen LogP contribution >= 0.6 is 0 Å². The van der Waals surface area contributed by atoms with E-state index in [0.717, 1.165) is 5.56 Å². The number of anilines is 1. The van der Waals surface area contributed by atoms with Gasteiger partial charge in [0, 0.05) is 6.54 Å². The maximum absolute atomic E-state index is 12.7. The van der Waals surface area contributed by atoms with Gasteiger partial charge in [0.25, 0.3) is 5.56 Å². The van der Waals surface area contributed by atoms with Gasteiger partial charge >= 0.3 is 0 Å². The largest absolute Gasteiger partial charge is 0.383 e. The number of hydrogen-bond acceptors (Lipinski definition) is 5. The number of aromatic amines is 1. The van der Waals surface area contributed by atoms with E-state index < -0.39 is 0 Å². The number of ether oxygens (including phenoxy) is 1. The molecule has 0 aliphatic carbocycles. The molecule has 0 spiro atoms. The van der Waals surface area contributed by atoms with Gasteiger partial charge in [-0.1, -0.05) is 30.3 Å². The summed E-state index contributed by atoms with van der Waals surface area (Å²) in [5, 5.41) is 0. The van der Waals surface area contributed by atoms with Gasteiger partial charge in [-0.3, -0.25) is 9.59 Å². The Bertz CT molecular complexity index is 819. The van der Waals surface area contributed by atoms with E-state index in [1.165, 1.54) is 0 Å². The van der Waals surface area contributed by atoms with Crippen LogP contribution in [-0.4, -0.2) is 40.0 Å². The van der Waals surface area contributed by atoms with Crippen molar-refractivity contribution in [2.24, 2.45) is 0 Å². The quantitative estimate of drug-likeness (QED) is 0.872. The monoisotopic (exact) mass is 342 g/mol. The number of carbonyl (C=O) groups is 1. The number of carbonyl (C=O) groups excluding carboxylic acids is 1. The van der Waals surface area contributed by atoms with E-state index in [4.69, 9.17) is 10.5 Å². The number of aromatic nitrogens is 2. The number of nitrogens with one attached hydrogen (secondary N) is 1. The summed E-state index contributed by atoms with van der Waals surface area (Å²) in [4.78, 5) is 33.1. The molecule has 132 valence electrons. The molecule has 0 saturated carbocycles. The molecule has 7 nitrogen and oxygen atoms in total. The number of aryl methyl sites for hydroxylation is 1. The maximum atomic E-state index is 12.7. The molecule has 2 aromatic rings. The second kappa shape index (κ2) is 7.06. The highest BCUT2D eigenvalue weighted by molar-refractivity contribution is 5.80. The fourth-order valence-electron chi connectivity index (χ4n) is 3.07. The average Bonchev–Trinajstić information content (AvgIpc) is 2.58. The van der Waals surface area contributed by atoms with Crippen LogP contribution in [0.25, 0.3) is 0 Å². The Balaban J connectivity index is 1.77. The smallest absolute Gasteiger partial charge is 0.256 e. The van der Waals surface area contributed by atoms with Crippen molar-refractivity contribution in [3.8, 4) is 0 Å². The van der Waals surface area contributed by atoms with Crippen molar-refractivity contribution in [1.29, 1.82) is 0 Å². The van der Waals surface area contributed by atoms with Crippen LogP contribution in [0.1, 0.15) is 30.0 Å². The number of benzene rings is 1. The molecule has 1 fully saturated rings. The van der Waals surface area contributed by atoms with Gasteiger partial charge < -0.3 is 20.4 Å². The molecule has 1 amide bonds. The number of hydrogen-bond donors (Lipinski definition) is 2. The Morgan fingerprint density at radius 1 is 1.36 bits per heavy atom. The third-order valence-electron chi connectivity index (χ3n) is 4.28. The van der Waals surface area contributed by atoms with Gasteiger partial charge in [0.1, 0.15) is 17.7 Å². The first kappa shape index (κ1) is 17.2. The number of nitrogens with zero attached hydrogens (tertiary/aromatic N) is 2. The number of morpholine rings is 1. The highest BCUT2D eigenvalue weighted by atomic mass is 16.5. The van der Waals surface area contributed by atoms with Crippen molar-refractivity contribution in [3.63, 3.8) is 0 Å². The highest BCUT2D eigenvalue weighted by Gasteiger charge is 2.30. The zero-order valence-corrected chi connectivity index (χ0v) is 14.4. The van der Waals surface area contributed by atoms with Crippen LogP contribution in [0.4, 0.5) is 5.82 Å². The molecule has 1 saturated heterocycles. The second-order valence-electron chi connectivity index (χ2n) is 6.34. The van der Waals surface area contributed by atoms with Crippen LogP contribution in [0, 0.1) is 6.92 Å². The van der Waals surface area contributed by atoms with Crippen molar-refractivity contribution in [2.45, 2.75) is 32.5 Å². The molecule has 1 aromatic heterocycles. The fourth-order valence-corrected chi connectivity index (χ4v) is 3.07. The first-order valence-electron chi connectivity index (χ1n) is 8.27. The molecular formula is C18H22N4O3. The number of nitrogens with two attached hydrogens (primary N) is 1. The Kier molecular flexibility index (Phi) is 4.85.